The van der Waals surface area contributed by atoms with Crippen LogP contribution in [0, 0.1) is 5.92 Å². The Morgan fingerprint density at radius 2 is 2.00 bits per heavy atom. The van der Waals surface area contributed by atoms with Crippen LogP contribution < -0.4 is 5.32 Å². The van der Waals surface area contributed by atoms with Gasteiger partial charge in [0, 0.05) is 28.7 Å². The summed E-state index contributed by atoms with van der Waals surface area (Å²) < 4.78 is 1.40. The second kappa shape index (κ2) is 10.4. The third-order valence-corrected chi connectivity index (χ3v) is 8.01. The summed E-state index contributed by atoms with van der Waals surface area (Å²) in [4.78, 5) is 6.62. The Morgan fingerprint density at radius 1 is 1.17 bits per heavy atom. The summed E-state index contributed by atoms with van der Waals surface area (Å²) in [5.41, 5.74) is 0. The second-order valence-corrected chi connectivity index (χ2v) is 10.1. The average Bonchev–Trinajstić information content (AvgIpc) is 3.37. The third-order valence-electron chi connectivity index (χ3n) is 6.91. The lowest BCUT2D eigenvalue weighted by Gasteiger charge is -2.32. The fourth-order valence-electron chi connectivity index (χ4n) is 5.08. The molecule has 1 aromatic carbocycles. The Morgan fingerprint density at radius 3 is 2.79 bits per heavy atom. The Balaban J connectivity index is 1.13. The van der Waals surface area contributed by atoms with Crippen molar-refractivity contribution in [1.29, 1.82) is 0 Å². The van der Waals surface area contributed by atoms with Gasteiger partial charge in [-0.25, -0.2) is 0 Å². The van der Waals surface area contributed by atoms with Gasteiger partial charge < -0.3 is 5.11 Å². The minimum absolute atomic E-state index is 0.342. The summed E-state index contributed by atoms with van der Waals surface area (Å²) in [6.07, 6.45) is 6.80. The van der Waals surface area contributed by atoms with Crippen molar-refractivity contribution in [3.8, 4) is 0 Å². The van der Waals surface area contributed by atoms with Crippen LogP contribution in [0.4, 0.5) is 0 Å². The maximum Gasteiger partial charge on any atom is 0.104 e. The van der Waals surface area contributed by atoms with Crippen molar-refractivity contribution in [1.82, 2.24) is 15.1 Å². The molecule has 0 amide bonds. The zero-order valence-electron chi connectivity index (χ0n) is 17.9. The van der Waals surface area contributed by atoms with Crippen molar-refractivity contribution in [3.05, 3.63) is 35.2 Å². The van der Waals surface area contributed by atoms with E-state index in [9.17, 15) is 5.11 Å². The van der Waals surface area contributed by atoms with Crippen molar-refractivity contribution >= 4 is 21.4 Å². The van der Waals surface area contributed by atoms with Gasteiger partial charge in [-0.2, -0.15) is 0 Å². The minimum atomic E-state index is -0.342. The lowest BCUT2D eigenvalue weighted by atomic mass is 9.92. The van der Waals surface area contributed by atoms with Crippen LogP contribution in [0.5, 0.6) is 0 Å². The molecule has 0 saturated carbocycles. The lowest BCUT2D eigenvalue weighted by molar-refractivity contribution is 0.0983. The van der Waals surface area contributed by atoms with E-state index in [1.165, 1.54) is 60.3 Å². The molecule has 0 aliphatic carbocycles. The van der Waals surface area contributed by atoms with Gasteiger partial charge in [-0.1, -0.05) is 25.1 Å². The molecule has 0 bridgehead atoms. The van der Waals surface area contributed by atoms with Crippen LogP contribution in [-0.4, -0.2) is 59.9 Å². The summed E-state index contributed by atoms with van der Waals surface area (Å²) in [7, 11) is 0. The molecule has 2 atom stereocenters. The smallest absolute Gasteiger partial charge is 0.104 e. The fourth-order valence-corrected chi connectivity index (χ4v) is 6.19. The number of benzene rings is 1. The molecule has 2 aliphatic rings. The Labute approximate surface area is 179 Å². The number of piperidine rings is 1. The molecule has 2 saturated heterocycles. The number of fused-ring (bicyclic) bond motifs is 1. The number of thiophene rings is 1. The topological polar surface area (TPSA) is 38.7 Å². The van der Waals surface area contributed by atoms with E-state index in [-0.39, 0.29) is 6.23 Å². The van der Waals surface area contributed by atoms with Crippen molar-refractivity contribution in [3.63, 3.8) is 0 Å². The summed E-state index contributed by atoms with van der Waals surface area (Å²) in [6, 6.07) is 11.7. The summed E-state index contributed by atoms with van der Waals surface area (Å²) in [5.74, 6) is 0.767. The molecule has 4 nitrogen and oxygen atoms in total. The highest BCUT2D eigenvalue weighted by Crippen LogP contribution is 2.29. The molecule has 29 heavy (non-hydrogen) atoms. The molecule has 2 unspecified atom stereocenters. The highest BCUT2D eigenvalue weighted by molar-refractivity contribution is 7.19. The highest BCUT2D eigenvalue weighted by Gasteiger charge is 2.24. The van der Waals surface area contributed by atoms with Gasteiger partial charge in [0.2, 0.25) is 0 Å². The number of aliphatic hydroxyl groups excluding tert-OH is 1. The number of nitrogens with one attached hydrogen (secondary N) is 1. The standard InChI is InChI=1S/C24H37N3OS/c1-2-27-13-5-7-21(27)17-25-24(28)10-9-19-11-14-26(15-12-19)18-22-16-20-6-3-4-8-23(20)29-22/h3-4,6,8,16,19,21,24-25,28H,2,5,7,9-15,17-18H2,1H3. The van der Waals surface area contributed by atoms with Crippen LogP contribution in [0.1, 0.15) is 50.3 Å². The Bertz CT molecular complexity index is 722. The first-order chi connectivity index (χ1) is 14.2. The predicted octanol–water partition coefficient (Wildman–Crippen LogP) is 4.29. The van der Waals surface area contributed by atoms with Crippen molar-refractivity contribution in [2.24, 2.45) is 5.92 Å². The summed E-state index contributed by atoms with van der Waals surface area (Å²) in [5, 5.41) is 15.1. The van der Waals surface area contributed by atoms with Crippen molar-refractivity contribution < 1.29 is 5.11 Å². The van der Waals surface area contributed by atoms with E-state index in [4.69, 9.17) is 0 Å². The molecule has 0 radical (unpaired) electrons. The van der Waals surface area contributed by atoms with Gasteiger partial charge in [0.1, 0.15) is 6.23 Å². The molecule has 1 aromatic heterocycles. The molecular formula is C24H37N3OS. The van der Waals surface area contributed by atoms with E-state index >= 15 is 0 Å². The third kappa shape index (κ3) is 5.80. The SMILES string of the molecule is CCN1CCCC1CNC(O)CCC1CCN(Cc2cc3ccccc3s2)CC1. The molecule has 2 aromatic rings. The van der Waals surface area contributed by atoms with Gasteiger partial charge in [0.05, 0.1) is 0 Å². The minimum Gasteiger partial charge on any atom is -0.379 e. The van der Waals surface area contributed by atoms with E-state index in [2.05, 4.69) is 52.4 Å². The second-order valence-electron chi connectivity index (χ2n) is 8.90. The van der Waals surface area contributed by atoms with Crippen LogP contribution in [0.15, 0.2) is 30.3 Å². The van der Waals surface area contributed by atoms with Gasteiger partial charge in [-0.15, -0.1) is 11.3 Å². The first kappa shape index (κ1) is 21.3. The monoisotopic (exact) mass is 415 g/mol. The van der Waals surface area contributed by atoms with E-state index in [0.717, 1.165) is 38.4 Å². The number of hydrogen-bond donors (Lipinski definition) is 2. The number of likely N-dealkylation sites (N-methyl/N-ethyl adjacent to an activating group) is 1. The molecule has 2 N–H and O–H groups in total. The summed E-state index contributed by atoms with van der Waals surface area (Å²) >= 11 is 1.94. The summed E-state index contributed by atoms with van der Waals surface area (Å²) in [6.45, 7) is 8.99. The maximum atomic E-state index is 10.4. The fraction of sp³-hybridized carbons (Fsp3) is 0.667. The highest BCUT2D eigenvalue weighted by atomic mass is 32.1. The van der Waals surface area contributed by atoms with Gasteiger partial charge in [-0.05, 0) is 88.1 Å². The molecule has 3 heterocycles. The molecule has 4 rings (SSSR count). The van der Waals surface area contributed by atoms with E-state index in [0.29, 0.717) is 6.04 Å². The Kier molecular flexibility index (Phi) is 7.60. The number of nitrogens with zero attached hydrogens (tertiary/aromatic N) is 2. The van der Waals surface area contributed by atoms with Gasteiger partial charge >= 0.3 is 0 Å². The quantitative estimate of drug-likeness (QED) is 0.600. The Hall–Kier alpha value is -0.980. The van der Waals surface area contributed by atoms with Crippen LogP contribution in [0.2, 0.25) is 0 Å². The van der Waals surface area contributed by atoms with Gasteiger partial charge in [0.15, 0.2) is 0 Å². The first-order valence-electron chi connectivity index (χ1n) is 11.6. The normalized spacial score (nSPS) is 23.2. The van der Waals surface area contributed by atoms with Crippen molar-refractivity contribution in [2.75, 3.05) is 32.7 Å². The lowest BCUT2D eigenvalue weighted by Crippen LogP contribution is -2.42. The van der Waals surface area contributed by atoms with Crippen LogP contribution in [0.3, 0.4) is 0 Å². The number of hydrogen-bond acceptors (Lipinski definition) is 5. The van der Waals surface area contributed by atoms with E-state index < -0.39 is 0 Å². The van der Waals surface area contributed by atoms with Crippen LogP contribution >= 0.6 is 11.3 Å². The number of rotatable bonds is 9. The number of likely N-dealkylation sites (tertiary alicyclic amines) is 2. The van der Waals surface area contributed by atoms with Gasteiger partial charge in [-0.3, -0.25) is 15.1 Å². The first-order valence-corrected chi connectivity index (χ1v) is 12.4. The number of aliphatic hydroxyl groups is 1. The van der Waals surface area contributed by atoms with Gasteiger partial charge in [0.25, 0.3) is 0 Å². The molecule has 2 aliphatic heterocycles. The predicted molar refractivity (Wildman–Crippen MR) is 123 cm³/mol. The molecular weight excluding hydrogens is 378 g/mol. The zero-order chi connectivity index (χ0) is 20.1. The largest absolute Gasteiger partial charge is 0.379 e. The maximum absolute atomic E-state index is 10.4. The molecule has 0 spiro atoms. The van der Waals surface area contributed by atoms with Crippen LogP contribution in [0.25, 0.3) is 10.1 Å². The molecule has 2 fully saturated rings. The molecule has 5 heteroatoms. The van der Waals surface area contributed by atoms with Crippen molar-refractivity contribution in [2.45, 2.75) is 64.3 Å². The van der Waals surface area contributed by atoms with E-state index in [1.54, 1.807) is 0 Å². The van der Waals surface area contributed by atoms with E-state index in [1.807, 2.05) is 11.3 Å². The average molecular weight is 416 g/mol. The zero-order valence-corrected chi connectivity index (χ0v) is 18.7. The molecule has 160 valence electrons. The van der Waals surface area contributed by atoms with Crippen LogP contribution in [-0.2, 0) is 6.54 Å².